The van der Waals surface area contributed by atoms with Crippen molar-refractivity contribution in [3.8, 4) is 5.69 Å². The quantitative estimate of drug-likeness (QED) is 0.493. The highest BCUT2D eigenvalue weighted by Crippen LogP contribution is 2.23. The summed E-state index contributed by atoms with van der Waals surface area (Å²) >= 11 is 7.78. The number of H-pyrrole nitrogens is 1. The SMILES string of the molecule is Cc1ccc2[nH]c(=S)n(-c3ccccc3I)c2c1. The summed E-state index contributed by atoms with van der Waals surface area (Å²) in [6, 6.07) is 14.6. The normalized spacial score (nSPS) is 11.0. The molecule has 3 rings (SSSR count). The molecule has 1 heterocycles. The van der Waals surface area contributed by atoms with E-state index >= 15 is 0 Å². The number of hydrogen-bond donors (Lipinski definition) is 1. The standard InChI is InChI=1S/C14H11IN2S/c1-9-6-7-11-13(8-9)17(14(18)16-11)12-5-3-2-4-10(12)15/h2-8H,1H3,(H,16,18). The largest absolute Gasteiger partial charge is 0.330 e. The molecule has 0 aliphatic carbocycles. The maximum Gasteiger partial charge on any atom is 0.182 e. The Hall–Kier alpha value is -1.14. The Morgan fingerprint density at radius 2 is 1.94 bits per heavy atom. The van der Waals surface area contributed by atoms with Gasteiger partial charge in [0, 0.05) is 3.57 Å². The first kappa shape index (κ1) is 11.9. The average molecular weight is 366 g/mol. The van der Waals surface area contributed by atoms with Crippen LogP contribution < -0.4 is 0 Å². The molecule has 0 aliphatic rings. The molecule has 0 spiro atoms. The smallest absolute Gasteiger partial charge is 0.182 e. The van der Waals surface area contributed by atoms with Gasteiger partial charge in [-0.3, -0.25) is 4.57 Å². The van der Waals surface area contributed by atoms with Crippen molar-refractivity contribution in [1.82, 2.24) is 9.55 Å². The lowest BCUT2D eigenvalue weighted by atomic mass is 10.2. The van der Waals surface area contributed by atoms with Crippen LogP contribution in [0.5, 0.6) is 0 Å². The van der Waals surface area contributed by atoms with Crippen molar-refractivity contribution >= 4 is 45.8 Å². The van der Waals surface area contributed by atoms with Crippen molar-refractivity contribution in [2.45, 2.75) is 6.92 Å². The fourth-order valence-corrected chi connectivity index (χ4v) is 3.02. The number of halogens is 1. The molecule has 0 unspecified atom stereocenters. The molecule has 0 saturated carbocycles. The van der Waals surface area contributed by atoms with Gasteiger partial charge in [0.05, 0.1) is 16.7 Å². The number of nitrogens with zero attached hydrogens (tertiary/aromatic N) is 1. The van der Waals surface area contributed by atoms with Gasteiger partial charge in [-0.25, -0.2) is 0 Å². The summed E-state index contributed by atoms with van der Waals surface area (Å²) in [4.78, 5) is 3.25. The van der Waals surface area contributed by atoms with Gasteiger partial charge in [0.2, 0.25) is 0 Å². The van der Waals surface area contributed by atoms with E-state index in [1.165, 1.54) is 9.13 Å². The highest BCUT2D eigenvalue weighted by Gasteiger charge is 2.08. The molecule has 2 nitrogen and oxygen atoms in total. The van der Waals surface area contributed by atoms with Gasteiger partial charge >= 0.3 is 0 Å². The molecule has 90 valence electrons. The molecule has 0 aliphatic heterocycles. The predicted octanol–water partition coefficient (Wildman–Crippen LogP) is 4.60. The minimum atomic E-state index is 0.736. The zero-order valence-corrected chi connectivity index (χ0v) is 12.7. The van der Waals surface area contributed by atoms with E-state index in [9.17, 15) is 0 Å². The molecule has 3 aromatic rings. The summed E-state index contributed by atoms with van der Waals surface area (Å²) in [5.41, 5.74) is 4.56. The van der Waals surface area contributed by atoms with E-state index in [0.29, 0.717) is 0 Å². The number of aromatic amines is 1. The number of nitrogens with one attached hydrogen (secondary N) is 1. The Labute approximate surface area is 124 Å². The zero-order chi connectivity index (χ0) is 12.7. The third-order valence-corrected chi connectivity index (χ3v) is 4.13. The van der Waals surface area contributed by atoms with Crippen LogP contribution in [-0.4, -0.2) is 9.55 Å². The number of aryl methyl sites for hydroxylation is 1. The van der Waals surface area contributed by atoms with Crippen molar-refractivity contribution in [2.75, 3.05) is 0 Å². The Morgan fingerprint density at radius 1 is 1.17 bits per heavy atom. The van der Waals surface area contributed by atoms with Crippen molar-refractivity contribution in [2.24, 2.45) is 0 Å². The summed E-state index contributed by atoms with van der Waals surface area (Å²) in [5, 5.41) is 0. The van der Waals surface area contributed by atoms with E-state index in [2.05, 4.69) is 69.4 Å². The van der Waals surface area contributed by atoms with Crippen molar-refractivity contribution in [3.05, 3.63) is 56.4 Å². The number of aromatic nitrogens is 2. The Kier molecular flexibility index (Phi) is 2.99. The van der Waals surface area contributed by atoms with Crippen LogP contribution in [0.3, 0.4) is 0 Å². The molecule has 4 heteroatoms. The van der Waals surface area contributed by atoms with Crippen LogP contribution in [0.25, 0.3) is 16.7 Å². The van der Waals surface area contributed by atoms with Crippen LogP contribution >= 0.6 is 34.8 Å². The van der Waals surface area contributed by atoms with E-state index in [1.54, 1.807) is 0 Å². The van der Waals surface area contributed by atoms with Gasteiger partial charge in [-0.2, -0.15) is 0 Å². The van der Waals surface area contributed by atoms with Gasteiger partial charge in [-0.1, -0.05) is 18.2 Å². The monoisotopic (exact) mass is 366 g/mol. The predicted molar refractivity (Wildman–Crippen MR) is 85.9 cm³/mol. The summed E-state index contributed by atoms with van der Waals surface area (Å²) in [7, 11) is 0. The summed E-state index contributed by atoms with van der Waals surface area (Å²) in [6.45, 7) is 2.09. The lowest BCUT2D eigenvalue weighted by Gasteiger charge is -2.07. The minimum absolute atomic E-state index is 0.736. The molecule has 1 N–H and O–H groups in total. The van der Waals surface area contributed by atoms with E-state index in [-0.39, 0.29) is 0 Å². The zero-order valence-electron chi connectivity index (χ0n) is 9.77. The molecule has 18 heavy (non-hydrogen) atoms. The molecule has 0 saturated heterocycles. The van der Waals surface area contributed by atoms with Crippen molar-refractivity contribution < 1.29 is 0 Å². The highest BCUT2D eigenvalue weighted by atomic mass is 127. The number of hydrogen-bond acceptors (Lipinski definition) is 1. The Balaban J connectivity index is 2.42. The summed E-state index contributed by atoms with van der Waals surface area (Å²) in [5.74, 6) is 0. The lowest BCUT2D eigenvalue weighted by molar-refractivity contribution is 1.06. The molecule has 1 aromatic heterocycles. The van der Waals surface area contributed by atoms with Crippen LogP contribution in [0.4, 0.5) is 0 Å². The van der Waals surface area contributed by atoms with E-state index < -0.39 is 0 Å². The van der Waals surface area contributed by atoms with Crippen LogP contribution in [-0.2, 0) is 0 Å². The fourth-order valence-electron chi connectivity index (χ4n) is 2.09. The second-order valence-electron chi connectivity index (χ2n) is 4.24. The minimum Gasteiger partial charge on any atom is -0.330 e. The first-order valence-corrected chi connectivity index (χ1v) is 7.12. The van der Waals surface area contributed by atoms with Gasteiger partial charge in [-0.15, -0.1) is 0 Å². The third kappa shape index (κ3) is 1.89. The molecule has 0 atom stereocenters. The summed E-state index contributed by atoms with van der Waals surface area (Å²) < 4.78 is 4.02. The number of para-hydroxylation sites is 1. The molecule has 0 amide bonds. The lowest BCUT2D eigenvalue weighted by Crippen LogP contribution is -1.96. The second-order valence-corrected chi connectivity index (χ2v) is 5.79. The highest BCUT2D eigenvalue weighted by molar-refractivity contribution is 14.1. The van der Waals surface area contributed by atoms with Crippen molar-refractivity contribution in [1.29, 1.82) is 0 Å². The molecule has 0 fully saturated rings. The van der Waals surface area contributed by atoms with Gasteiger partial charge in [0.15, 0.2) is 4.77 Å². The number of imidazole rings is 1. The topological polar surface area (TPSA) is 20.7 Å². The maximum absolute atomic E-state index is 5.44. The second kappa shape index (κ2) is 4.51. The number of rotatable bonds is 1. The van der Waals surface area contributed by atoms with E-state index in [4.69, 9.17) is 12.2 Å². The van der Waals surface area contributed by atoms with Gasteiger partial charge < -0.3 is 4.98 Å². The van der Waals surface area contributed by atoms with Gasteiger partial charge in [0.1, 0.15) is 0 Å². The first-order chi connectivity index (χ1) is 8.66. The van der Waals surface area contributed by atoms with Crippen LogP contribution in [0, 0.1) is 15.3 Å². The van der Waals surface area contributed by atoms with Crippen molar-refractivity contribution in [3.63, 3.8) is 0 Å². The molecular weight excluding hydrogens is 355 g/mol. The molecule has 2 aromatic carbocycles. The third-order valence-electron chi connectivity index (χ3n) is 2.93. The Bertz CT molecular complexity index is 786. The molecule has 0 radical (unpaired) electrons. The maximum atomic E-state index is 5.44. The van der Waals surface area contributed by atoms with Crippen LogP contribution in [0.2, 0.25) is 0 Å². The number of benzene rings is 2. The molecular formula is C14H11IN2S. The summed E-state index contributed by atoms with van der Waals surface area (Å²) in [6.07, 6.45) is 0. The number of fused-ring (bicyclic) bond motifs is 1. The van der Waals surface area contributed by atoms with Crippen LogP contribution in [0.15, 0.2) is 42.5 Å². The van der Waals surface area contributed by atoms with E-state index in [0.717, 1.165) is 21.5 Å². The first-order valence-electron chi connectivity index (χ1n) is 5.63. The fraction of sp³-hybridized carbons (Fsp3) is 0.0714. The molecule has 0 bridgehead atoms. The van der Waals surface area contributed by atoms with Crippen LogP contribution in [0.1, 0.15) is 5.56 Å². The average Bonchev–Trinajstić information content (AvgIpc) is 2.66. The van der Waals surface area contributed by atoms with E-state index in [1.807, 2.05) is 12.1 Å². The Morgan fingerprint density at radius 3 is 2.72 bits per heavy atom. The van der Waals surface area contributed by atoms with Gasteiger partial charge in [-0.05, 0) is 71.6 Å². The van der Waals surface area contributed by atoms with Gasteiger partial charge in [0.25, 0.3) is 0 Å².